The van der Waals surface area contributed by atoms with Crippen LogP contribution < -0.4 is 5.32 Å². The molecule has 8 fully saturated rings. The lowest BCUT2D eigenvalue weighted by atomic mass is 9.44. The average molecular weight is 681 g/mol. The van der Waals surface area contributed by atoms with Gasteiger partial charge in [-0.25, -0.2) is 0 Å². The highest BCUT2D eigenvalue weighted by Crippen LogP contribution is 2.70. The zero-order chi connectivity index (χ0) is 34.1. The third-order valence-corrected chi connectivity index (χ3v) is 16.1. The summed E-state index contributed by atoms with van der Waals surface area (Å²) in [6, 6.07) is 0.122. The summed E-state index contributed by atoms with van der Waals surface area (Å²) >= 11 is 0. The van der Waals surface area contributed by atoms with Crippen LogP contribution in [0.25, 0.3) is 0 Å². The number of ether oxygens (including phenoxy) is 2. The van der Waals surface area contributed by atoms with Gasteiger partial charge in [-0.15, -0.1) is 0 Å². The molecule has 0 radical (unpaired) electrons. The maximum Gasteiger partial charge on any atom is 0.232 e. The van der Waals surface area contributed by atoms with Crippen LogP contribution in [0.4, 0.5) is 0 Å². The number of ketones is 1. The number of fused-ring (bicyclic) bond motifs is 7. The first-order chi connectivity index (χ1) is 23.5. The number of rotatable bonds is 6. The molecule has 0 aromatic rings. The maximum atomic E-state index is 14.4. The molecule has 49 heavy (non-hydrogen) atoms. The second-order valence-electron chi connectivity index (χ2n) is 18.5. The van der Waals surface area contributed by atoms with Crippen molar-refractivity contribution in [2.45, 2.75) is 123 Å². The van der Waals surface area contributed by atoms with Crippen molar-refractivity contribution in [1.82, 2.24) is 20.0 Å². The zero-order valence-corrected chi connectivity index (χ0v) is 30.9. The van der Waals surface area contributed by atoms with Crippen molar-refractivity contribution in [2.75, 3.05) is 59.0 Å². The van der Waals surface area contributed by atoms with Crippen molar-refractivity contribution < 1.29 is 23.9 Å². The van der Waals surface area contributed by atoms with Crippen molar-refractivity contribution >= 4 is 17.6 Å². The summed E-state index contributed by atoms with van der Waals surface area (Å²) in [4.78, 5) is 47.6. The van der Waals surface area contributed by atoms with Gasteiger partial charge in [-0.2, -0.15) is 0 Å². The predicted octanol–water partition coefficient (Wildman–Crippen LogP) is 4.73. The number of hydrogen-bond acceptors (Lipinski definition) is 7. The first-order valence-electron chi connectivity index (χ1n) is 20.4. The molecule has 0 bridgehead atoms. The van der Waals surface area contributed by atoms with Gasteiger partial charge in [-0.05, 0) is 106 Å². The smallest absolute Gasteiger partial charge is 0.232 e. The van der Waals surface area contributed by atoms with E-state index in [4.69, 9.17) is 9.47 Å². The summed E-state index contributed by atoms with van der Waals surface area (Å²) in [6.07, 6.45) is 11.8. The van der Waals surface area contributed by atoms with Gasteiger partial charge in [-0.3, -0.25) is 19.3 Å². The van der Waals surface area contributed by atoms with E-state index in [1.165, 1.54) is 38.8 Å². The van der Waals surface area contributed by atoms with Gasteiger partial charge >= 0.3 is 0 Å². The standard InChI is InChI=1S/C40H64N4O5/c1-26-9-12-40(48-25-26)27(2)37-33(49-40)22-32-30-8-7-28-21-29(10-11-38(28,3)31(30)23-34(45)39(32,37)4)41-35(46)24-36(47)44-19-17-43(18-20-44)16-15-42-13-5-6-14-42/h26-33,37H,5-25H2,1-4H3,(H,41,46)/t26-,27+,28+,29+,30-,31+,32+,33+,37+,38+,39-,40-/m1/s1. The number of nitrogens with one attached hydrogen (secondary N) is 1. The van der Waals surface area contributed by atoms with Gasteiger partial charge in [0, 0.05) is 75.4 Å². The molecule has 0 unspecified atom stereocenters. The van der Waals surface area contributed by atoms with Gasteiger partial charge in [0.2, 0.25) is 11.8 Å². The number of carbonyl (C=O) groups is 3. The van der Waals surface area contributed by atoms with Crippen LogP contribution in [0.3, 0.4) is 0 Å². The molecule has 0 aromatic carbocycles. The fourth-order valence-electron chi connectivity index (χ4n) is 13.1. The Kier molecular flexibility index (Phi) is 9.26. The van der Waals surface area contributed by atoms with Crippen LogP contribution in [-0.2, 0) is 23.9 Å². The number of Topliss-reactive ketones (excluding diaryl/α,β-unsaturated/α-hetero) is 1. The van der Waals surface area contributed by atoms with Crippen LogP contribution in [0.15, 0.2) is 0 Å². The summed E-state index contributed by atoms with van der Waals surface area (Å²) < 4.78 is 13.4. The molecule has 12 atom stereocenters. The Morgan fingerprint density at radius 1 is 0.878 bits per heavy atom. The van der Waals surface area contributed by atoms with Crippen LogP contribution in [0.5, 0.6) is 0 Å². The van der Waals surface area contributed by atoms with Crippen molar-refractivity contribution in [3.8, 4) is 0 Å². The van der Waals surface area contributed by atoms with Crippen LogP contribution in [0.2, 0.25) is 0 Å². The second kappa shape index (κ2) is 13.1. The molecule has 274 valence electrons. The molecule has 4 saturated heterocycles. The molecule has 0 aromatic heterocycles. The average Bonchev–Trinajstić information content (AvgIpc) is 3.78. The molecule has 4 saturated carbocycles. The zero-order valence-electron chi connectivity index (χ0n) is 30.9. The summed E-state index contributed by atoms with van der Waals surface area (Å²) in [5.74, 6) is 2.79. The van der Waals surface area contributed by atoms with E-state index in [0.717, 1.165) is 84.4 Å². The third kappa shape index (κ3) is 5.93. The SMILES string of the molecule is C[C@@H]1CC[C@@]2(OC1)O[C@H]1C[C@H]3[C@@H]4CC[C@H]5C[C@@H](NC(=O)CC(=O)N6CCN(CCN7CCCC7)CC6)CC[C@]5(C)[C@H]4CC(=O)[C@]3(C)[C@H]1[C@@H]2C. The van der Waals surface area contributed by atoms with Gasteiger partial charge in [0.15, 0.2) is 5.79 Å². The van der Waals surface area contributed by atoms with E-state index in [2.05, 4.69) is 42.8 Å². The van der Waals surface area contributed by atoms with Crippen molar-refractivity contribution in [3.63, 3.8) is 0 Å². The summed E-state index contributed by atoms with van der Waals surface area (Å²) in [6.45, 7) is 18.0. The van der Waals surface area contributed by atoms with E-state index < -0.39 is 5.79 Å². The van der Waals surface area contributed by atoms with Crippen LogP contribution in [-0.4, -0.2) is 109 Å². The summed E-state index contributed by atoms with van der Waals surface area (Å²) in [5.41, 5.74) is -0.193. The highest BCUT2D eigenvalue weighted by atomic mass is 16.7. The molecule has 4 aliphatic heterocycles. The van der Waals surface area contributed by atoms with E-state index in [9.17, 15) is 14.4 Å². The molecule has 4 heterocycles. The monoisotopic (exact) mass is 680 g/mol. The topological polar surface area (TPSA) is 91.4 Å². The molecule has 8 rings (SSSR count). The largest absolute Gasteiger partial charge is 0.353 e. The lowest BCUT2D eigenvalue weighted by molar-refractivity contribution is -0.272. The molecular weight excluding hydrogens is 616 g/mol. The minimum absolute atomic E-state index is 0.0308. The molecule has 2 amide bonds. The Labute approximate surface area is 294 Å². The van der Waals surface area contributed by atoms with Crippen LogP contribution in [0, 0.1) is 52.3 Å². The number of carbonyl (C=O) groups excluding carboxylic acids is 3. The number of hydrogen-bond donors (Lipinski definition) is 1. The summed E-state index contributed by atoms with van der Waals surface area (Å²) in [7, 11) is 0. The molecule has 1 N–H and O–H groups in total. The Morgan fingerprint density at radius 2 is 1.61 bits per heavy atom. The van der Waals surface area contributed by atoms with Gasteiger partial charge in [0.1, 0.15) is 12.2 Å². The molecule has 4 aliphatic carbocycles. The van der Waals surface area contributed by atoms with Gasteiger partial charge < -0.3 is 24.6 Å². The maximum absolute atomic E-state index is 14.4. The number of amides is 2. The van der Waals surface area contributed by atoms with E-state index >= 15 is 0 Å². The van der Waals surface area contributed by atoms with E-state index in [1.807, 2.05) is 4.90 Å². The van der Waals surface area contributed by atoms with Gasteiger partial charge in [0.05, 0.1) is 12.7 Å². The minimum Gasteiger partial charge on any atom is -0.353 e. The van der Waals surface area contributed by atoms with E-state index in [1.54, 1.807) is 0 Å². The number of piperazine rings is 1. The minimum atomic E-state index is -0.494. The Morgan fingerprint density at radius 3 is 2.33 bits per heavy atom. The molecule has 1 spiro atoms. The molecular formula is C40H64N4O5. The first kappa shape index (κ1) is 34.5. The van der Waals surface area contributed by atoms with Crippen molar-refractivity contribution in [3.05, 3.63) is 0 Å². The summed E-state index contributed by atoms with van der Waals surface area (Å²) in [5, 5.41) is 3.29. The molecule has 9 heteroatoms. The molecule has 8 aliphatic rings. The normalized spacial score (nSPS) is 47.1. The number of likely N-dealkylation sites (tertiary alicyclic amines) is 1. The van der Waals surface area contributed by atoms with Gasteiger partial charge in [-0.1, -0.05) is 27.7 Å². The Hall–Kier alpha value is -1.55. The fourth-order valence-corrected chi connectivity index (χ4v) is 13.1. The Bertz CT molecular complexity index is 1270. The predicted molar refractivity (Wildman–Crippen MR) is 187 cm³/mol. The van der Waals surface area contributed by atoms with E-state index in [-0.39, 0.29) is 53.0 Å². The van der Waals surface area contributed by atoms with Gasteiger partial charge in [0.25, 0.3) is 0 Å². The highest BCUT2D eigenvalue weighted by molar-refractivity contribution is 5.97. The molecule has 9 nitrogen and oxygen atoms in total. The lowest BCUT2D eigenvalue weighted by Gasteiger charge is -2.60. The van der Waals surface area contributed by atoms with E-state index in [0.29, 0.717) is 41.8 Å². The second-order valence-corrected chi connectivity index (χ2v) is 18.5. The fraction of sp³-hybridized carbons (Fsp3) is 0.925. The van der Waals surface area contributed by atoms with Crippen LogP contribution in [0.1, 0.15) is 105 Å². The highest BCUT2D eigenvalue weighted by Gasteiger charge is 2.71. The Balaban J connectivity index is 0.838. The first-order valence-corrected chi connectivity index (χ1v) is 20.4. The lowest BCUT2D eigenvalue weighted by Crippen LogP contribution is -2.59. The third-order valence-electron chi connectivity index (χ3n) is 16.1. The van der Waals surface area contributed by atoms with Crippen molar-refractivity contribution in [1.29, 1.82) is 0 Å². The van der Waals surface area contributed by atoms with Crippen LogP contribution >= 0.6 is 0 Å². The quantitative estimate of drug-likeness (QED) is 0.406. The number of nitrogens with zero attached hydrogens (tertiary/aromatic N) is 3. The van der Waals surface area contributed by atoms with Crippen molar-refractivity contribution in [2.24, 2.45) is 52.3 Å².